The highest BCUT2D eigenvalue weighted by Crippen LogP contribution is 2.17. The van der Waals surface area contributed by atoms with Crippen molar-refractivity contribution >= 4 is 29.0 Å². The summed E-state index contributed by atoms with van der Waals surface area (Å²) in [6, 6.07) is 18.6. The molecule has 2 N–H and O–H groups in total. The Morgan fingerprint density at radius 1 is 1.04 bits per heavy atom. The lowest BCUT2D eigenvalue weighted by Crippen LogP contribution is -2.13. The zero-order chi connectivity index (χ0) is 19.8. The molecule has 2 aromatic carbocycles. The third-order valence-electron chi connectivity index (χ3n) is 4.08. The second kappa shape index (κ2) is 9.76. The average molecular weight is 396 g/mol. The number of aromatic nitrogens is 1. The first kappa shape index (κ1) is 19.7. The maximum atomic E-state index is 12.3. The van der Waals surface area contributed by atoms with Crippen LogP contribution in [0.3, 0.4) is 0 Å². The van der Waals surface area contributed by atoms with Crippen LogP contribution < -0.4 is 15.4 Å². The minimum atomic E-state index is -0.204. The second-order valence-electron chi connectivity index (χ2n) is 6.15. The molecular formula is C22H22ClN3O2. The summed E-state index contributed by atoms with van der Waals surface area (Å²) in [5.41, 5.74) is 2.40. The molecule has 1 aromatic heterocycles. The smallest absolute Gasteiger partial charge is 0.257 e. The van der Waals surface area contributed by atoms with Gasteiger partial charge < -0.3 is 15.4 Å². The quantitative estimate of drug-likeness (QED) is 0.560. The maximum Gasteiger partial charge on any atom is 0.257 e. The molecule has 0 saturated heterocycles. The van der Waals surface area contributed by atoms with Crippen molar-refractivity contribution in [1.29, 1.82) is 0 Å². The number of benzene rings is 2. The van der Waals surface area contributed by atoms with Crippen molar-refractivity contribution < 1.29 is 9.53 Å². The monoisotopic (exact) mass is 395 g/mol. The molecule has 144 valence electrons. The van der Waals surface area contributed by atoms with Crippen LogP contribution in [0.4, 0.5) is 11.5 Å². The van der Waals surface area contributed by atoms with Gasteiger partial charge in [-0.25, -0.2) is 4.98 Å². The molecule has 0 unspecified atom stereocenters. The van der Waals surface area contributed by atoms with Crippen LogP contribution in [0.25, 0.3) is 0 Å². The topological polar surface area (TPSA) is 63.2 Å². The Bertz CT molecular complexity index is 895. The first-order valence-corrected chi connectivity index (χ1v) is 9.50. The number of nitrogens with zero attached hydrogens (tertiary/aromatic N) is 1. The van der Waals surface area contributed by atoms with Gasteiger partial charge in [0.25, 0.3) is 5.91 Å². The van der Waals surface area contributed by atoms with E-state index in [4.69, 9.17) is 16.3 Å². The first-order valence-electron chi connectivity index (χ1n) is 9.12. The average Bonchev–Trinajstić information content (AvgIpc) is 2.72. The van der Waals surface area contributed by atoms with E-state index in [1.54, 1.807) is 18.3 Å². The summed E-state index contributed by atoms with van der Waals surface area (Å²) in [6.07, 6.45) is 2.42. The molecule has 6 heteroatoms. The molecule has 0 fully saturated rings. The van der Waals surface area contributed by atoms with E-state index in [1.807, 2.05) is 55.5 Å². The number of carbonyl (C=O) groups excluding carboxylic acids is 1. The van der Waals surface area contributed by atoms with E-state index in [1.165, 1.54) is 5.56 Å². The van der Waals surface area contributed by atoms with Crippen molar-refractivity contribution in [3.05, 3.63) is 83.0 Å². The standard InChI is InChI=1S/C22H22ClN3O2/c1-2-28-20-10-8-19(9-11-20)26-22(27)17-5-12-21(25-15-17)24-14-13-16-3-6-18(23)7-4-16/h3-12,15H,2,13-14H2,1H3,(H,24,25)(H,26,27). The Morgan fingerprint density at radius 3 is 2.43 bits per heavy atom. The summed E-state index contributed by atoms with van der Waals surface area (Å²) < 4.78 is 5.39. The van der Waals surface area contributed by atoms with Gasteiger partial charge in [-0.3, -0.25) is 4.79 Å². The first-order chi connectivity index (χ1) is 13.6. The molecule has 0 bridgehead atoms. The van der Waals surface area contributed by atoms with E-state index in [0.29, 0.717) is 17.9 Å². The molecular weight excluding hydrogens is 374 g/mol. The van der Waals surface area contributed by atoms with Gasteiger partial charge in [0.2, 0.25) is 0 Å². The SMILES string of the molecule is CCOc1ccc(NC(=O)c2ccc(NCCc3ccc(Cl)cc3)nc2)cc1. The summed E-state index contributed by atoms with van der Waals surface area (Å²) >= 11 is 5.89. The van der Waals surface area contributed by atoms with E-state index in [2.05, 4.69) is 15.6 Å². The number of carbonyl (C=O) groups is 1. The lowest BCUT2D eigenvalue weighted by atomic mass is 10.1. The normalized spacial score (nSPS) is 10.4. The van der Waals surface area contributed by atoms with Gasteiger partial charge in [-0.1, -0.05) is 23.7 Å². The van der Waals surface area contributed by atoms with Gasteiger partial charge in [0.15, 0.2) is 0 Å². The molecule has 0 spiro atoms. The highest BCUT2D eigenvalue weighted by atomic mass is 35.5. The zero-order valence-corrected chi connectivity index (χ0v) is 16.4. The Balaban J connectivity index is 1.50. The summed E-state index contributed by atoms with van der Waals surface area (Å²) in [5.74, 6) is 1.30. The molecule has 0 atom stereocenters. The predicted molar refractivity (Wildman–Crippen MR) is 113 cm³/mol. The number of ether oxygens (including phenoxy) is 1. The van der Waals surface area contributed by atoms with Gasteiger partial charge in [-0.2, -0.15) is 0 Å². The molecule has 3 aromatic rings. The van der Waals surface area contributed by atoms with Crippen LogP contribution in [-0.2, 0) is 6.42 Å². The minimum absolute atomic E-state index is 0.204. The fourth-order valence-corrected chi connectivity index (χ4v) is 2.75. The molecule has 3 rings (SSSR count). The molecule has 5 nitrogen and oxygen atoms in total. The Morgan fingerprint density at radius 2 is 1.79 bits per heavy atom. The zero-order valence-electron chi connectivity index (χ0n) is 15.6. The van der Waals surface area contributed by atoms with E-state index in [0.717, 1.165) is 29.6 Å². The summed E-state index contributed by atoms with van der Waals surface area (Å²) in [6.45, 7) is 3.28. The van der Waals surface area contributed by atoms with Crippen molar-refractivity contribution in [3.63, 3.8) is 0 Å². The number of hydrogen-bond acceptors (Lipinski definition) is 4. The Labute approximate surface area is 169 Å². The van der Waals surface area contributed by atoms with E-state index in [-0.39, 0.29) is 5.91 Å². The molecule has 0 radical (unpaired) electrons. The number of halogens is 1. The van der Waals surface area contributed by atoms with Gasteiger partial charge >= 0.3 is 0 Å². The summed E-state index contributed by atoms with van der Waals surface area (Å²) in [7, 11) is 0. The molecule has 0 aliphatic carbocycles. The van der Waals surface area contributed by atoms with Crippen LogP contribution in [0.5, 0.6) is 5.75 Å². The van der Waals surface area contributed by atoms with Crippen LogP contribution in [-0.4, -0.2) is 24.0 Å². The highest BCUT2D eigenvalue weighted by molar-refractivity contribution is 6.30. The Kier molecular flexibility index (Phi) is 6.87. The number of rotatable bonds is 8. The third-order valence-corrected chi connectivity index (χ3v) is 4.33. The lowest BCUT2D eigenvalue weighted by molar-refractivity contribution is 0.102. The molecule has 0 aliphatic rings. The number of pyridine rings is 1. The number of anilines is 2. The fourth-order valence-electron chi connectivity index (χ4n) is 2.62. The highest BCUT2D eigenvalue weighted by Gasteiger charge is 2.07. The van der Waals surface area contributed by atoms with Crippen LogP contribution in [0, 0.1) is 0 Å². The van der Waals surface area contributed by atoms with Gasteiger partial charge in [0.05, 0.1) is 12.2 Å². The van der Waals surface area contributed by atoms with Gasteiger partial charge in [-0.05, 0) is 67.4 Å². The minimum Gasteiger partial charge on any atom is -0.494 e. The van der Waals surface area contributed by atoms with Crippen LogP contribution in [0.2, 0.25) is 5.02 Å². The maximum absolute atomic E-state index is 12.3. The van der Waals surface area contributed by atoms with Crippen LogP contribution >= 0.6 is 11.6 Å². The van der Waals surface area contributed by atoms with Crippen molar-refractivity contribution in [3.8, 4) is 5.75 Å². The third kappa shape index (κ3) is 5.72. The lowest BCUT2D eigenvalue weighted by Gasteiger charge is -2.08. The van der Waals surface area contributed by atoms with Crippen molar-refractivity contribution in [2.24, 2.45) is 0 Å². The molecule has 1 heterocycles. The molecule has 0 aliphatic heterocycles. The van der Waals surface area contributed by atoms with E-state index >= 15 is 0 Å². The molecule has 0 saturated carbocycles. The van der Waals surface area contributed by atoms with Crippen molar-refractivity contribution in [2.45, 2.75) is 13.3 Å². The summed E-state index contributed by atoms with van der Waals surface area (Å²) in [5, 5.41) is 6.84. The van der Waals surface area contributed by atoms with Crippen LogP contribution in [0.15, 0.2) is 66.9 Å². The van der Waals surface area contributed by atoms with Gasteiger partial charge in [0.1, 0.15) is 11.6 Å². The van der Waals surface area contributed by atoms with Gasteiger partial charge in [0, 0.05) is 23.5 Å². The second-order valence-corrected chi connectivity index (χ2v) is 6.58. The summed E-state index contributed by atoms with van der Waals surface area (Å²) in [4.78, 5) is 16.7. The predicted octanol–water partition coefficient (Wildman–Crippen LogP) is 5.04. The van der Waals surface area contributed by atoms with E-state index < -0.39 is 0 Å². The number of nitrogens with one attached hydrogen (secondary N) is 2. The largest absolute Gasteiger partial charge is 0.494 e. The van der Waals surface area contributed by atoms with Gasteiger partial charge in [-0.15, -0.1) is 0 Å². The molecule has 1 amide bonds. The van der Waals surface area contributed by atoms with Crippen LogP contribution in [0.1, 0.15) is 22.8 Å². The molecule has 28 heavy (non-hydrogen) atoms. The van der Waals surface area contributed by atoms with E-state index in [9.17, 15) is 4.79 Å². The van der Waals surface area contributed by atoms with Crippen molar-refractivity contribution in [1.82, 2.24) is 4.98 Å². The number of hydrogen-bond donors (Lipinski definition) is 2. The Hall–Kier alpha value is -3.05. The number of amides is 1. The van der Waals surface area contributed by atoms with Crippen molar-refractivity contribution in [2.75, 3.05) is 23.8 Å². The fraction of sp³-hybridized carbons (Fsp3) is 0.182.